The van der Waals surface area contributed by atoms with Gasteiger partial charge in [-0.05, 0) is 31.1 Å². The number of nitriles is 1. The van der Waals surface area contributed by atoms with Gasteiger partial charge in [-0.15, -0.1) is 0 Å². The normalized spacial score (nSPS) is 35.5. The number of nitrogens with zero attached hydrogens (tertiary/aromatic N) is 1. The van der Waals surface area contributed by atoms with Gasteiger partial charge >= 0.3 is 0 Å². The Kier molecular flexibility index (Phi) is 2.54. The monoisotopic (exact) mass is 229 g/mol. The van der Waals surface area contributed by atoms with Gasteiger partial charge in [0.1, 0.15) is 6.07 Å². The van der Waals surface area contributed by atoms with Gasteiger partial charge in [-0.2, -0.15) is 5.26 Å². The molecule has 0 N–H and O–H groups in total. The van der Waals surface area contributed by atoms with Crippen molar-refractivity contribution in [1.82, 2.24) is 0 Å². The first-order valence-electron chi connectivity index (χ1n) is 6.14. The summed E-state index contributed by atoms with van der Waals surface area (Å²) in [5.74, 6) is 0.318. The maximum atomic E-state index is 12.2. The molecule has 2 aliphatic carbocycles. The van der Waals surface area contributed by atoms with Gasteiger partial charge in [0, 0.05) is 5.41 Å². The molecule has 90 valence electrons. The van der Waals surface area contributed by atoms with E-state index in [0.29, 0.717) is 11.5 Å². The van der Waals surface area contributed by atoms with Crippen LogP contribution in [0.1, 0.15) is 40.5 Å². The van der Waals surface area contributed by atoms with Crippen LogP contribution in [-0.4, -0.2) is 5.78 Å². The highest BCUT2D eigenvalue weighted by atomic mass is 16.1. The van der Waals surface area contributed by atoms with E-state index < -0.39 is 5.41 Å². The lowest BCUT2D eigenvalue weighted by molar-refractivity contribution is -0.129. The Morgan fingerprint density at radius 3 is 2.65 bits per heavy atom. The van der Waals surface area contributed by atoms with Gasteiger partial charge < -0.3 is 0 Å². The highest BCUT2D eigenvalue weighted by molar-refractivity contribution is 6.04. The molecule has 2 aliphatic rings. The fourth-order valence-corrected chi connectivity index (χ4v) is 3.64. The van der Waals surface area contributed by atoms with Crippen molar-refractivity contribution in [2.24, 2.45) is 16.7 Å². The summed E-state index contributed by atoms with van der Waals surface area (Å²) in [6, 6.07) is 2.07. The fourth-order valence-electron chi connectivity index (χ4n) is 3.64. The highest BCUT2D eigenvalue weighted by Gasteiger charge is 2.51. The minimum atomic E-state index is -0.425. The number of hydrogen-bond acceptors (Lipinski definition) is 2. The molecule has 0 amide bonds. The zero-order chi connectivity index (χ0) is 12.8. The average Bonchev–Trinajstić information content (AvgIpc) is 2.23. The molecule has 0 saturated heterocycles. The van der Waals surface area contributed by atoms with Crippen LogP contribution in [0, 0.1) is 28.1 Å². The largest absolute Gasteiger partial charge is 0.293 e. The Bertz CT molecular complexity index is 476. The molecule has 0 aliphatic heterocycles. The van der Waals surface area contributed by atoms with Crippen LogP contribution in [0.3, 0.4) is 0 Å². The standard InChI is InChI=1S/C15H19NO/c1-10-5-6-12-14(2,3)13(17)11(9-16)8-15(12,4)7-10/h5,8,12H,6-7H2,1-4H3/t12-,15-/m0/s1. The van der Waals surface area contributed by atoms with E-state index in [4.69, 9.17) is 5.26 Å². The molecular weight excluding hydrogens is 210 g/mol. The van der Waals surface area contributed by atoms with Crippen LogP contribution in [0.5, 0.6) is 0 Å². The molecule has 0 spiro atoms. The van der Waals surface area contributed by atoms with E-state index in [0.717, 1.165) is 12.8 Å². The Balaban J connectivity index is 2.58. The number of hydrogen-bond donors (Lipinski definition) is 0. The van der Waals surface area contributed by atoms with Crippen molar-refractivity contribution in [3.8, 4) is 6.07 Å². The lowest BCUT2D eigenvalue weighted by atomic mass is 9.53. The molecule has 2 rings (SSSR count). The van der Waals surface area contributed by atoms with Crippen molar-refractivity contribution in [2.75, 3.05) is 0 Å². The van der Waals surface area contributed by atoms with E-state index in [1.165, 1.54) is 5.57 Å². The molecular formula is C15H19NO. The molecule has 0 aromatic carbocycles. The van der Waals surface area contributed by atoms with E-state index in [2.05, 4.69) is 26.0 Å². The van der Waals surface area contributed by atoms with Crippen LogP contribution in [0.2, 0.25) is 0 Å². The van der Waals surface area contributed by atoms with Crippen LogP contribution >= 0.6 is 0 Å². The van der Waals surface area contributed by atoms with E-state index >= 15 is 0 Å². The zero-order valence-corrected chi connectivity index (χ0v) is 11.0. The summed E-state index contributed by atoms with van der Waals surface area (Å²) < 4.78 is 0. The molecule has 0 bridgehead atoms. The lowest BCUT2D eigenvalue weighted by Crippen LogP contribution is -2.47. The predicted molar refractivity (Wildman–Crippen MR) is 67.1 cm³/mol. The Morgan fingerprint density at radius 2 is 2.06 bits per heavy atom. The number of allylic oxidation sites excluding steroid dienone is 4. The summed E-state index contributed by atoms with van der Waals surface area (Å²) in [4.78, 5) is 12.2. The first kappa shape index (κ1) is 12.1. The van der Waals surface area contributed by atoms with Gasteiger partial charge in [-0.3, -0.25) is 4.79 Å². The van der Waals surface area contributed by atoms with E-state index in [9.17, 15) is 4.79 Å². The lowest BCUT2D eigenvalue weighted by Gasteiger charge is -2.49. The summed E-state index contributed by atoms with van der Waals surface area (Å²) in [5, 5.41) is 9.11. The van der Waals surface area contributed by atoms with Crippen LogP contribution in [-0.2, 0) is 4.79 Å². The predicted octanol–water partition coefficient (Wildman–Crippen LogP) is 3.41. The third-order valence-electron chi connectivity index (χ3n) is 4.45. The first-order valence-corrected chi connectivity index (χ1v) is 6.14. The number of fused-ring (bicyclic) bond motifs is 1. The average molecular weight is 229 g/mol. The summed E-state index contributed by atoms with van der Waals surface area (Å²) in [6.07, 6.45) is 6.06. The van der Waals surface area contributed by atoms with Crippen LogP contribution in [0.25, 0.3) is 0 Å². The summed E-state index contributed by atoms with van der Waals surface area (Å²) in [5.41, 5.74) is 1.25. The van der Waals surface area contributed by atoms with Crippen molar-refractivity contribution in [1.29, 1.82) is 5.26 Å². The van der Waals surface area contributed by atoms with Gasteiger partial charge in [-0.1, -0.05) is 38.5 Å². The van der Waals surface area contributed by atoms with Crippen molar-refractivity contribution in [2.45, 2.75) is 40.5 Å². The van der Waals surface area contributed by atoms with Crippen LogP contribution in [0.15, 0.2) is 23.3 Å². The number of carbonyl (C=O) groups excluding carboxylic acids is 1. The quantitative estimate of drug-likeness (QED) is 0.597. The summed E-state index contributed by atoms with van der Waals surface area (Å²) >= 11 is 0. The van der Waals surface area contributed by atoms with E-state index in [1.54, 1.807) is 0 Å². The molecule has 2 heteroatoms. The zero-order valence-electron chi connectivity index (χ0n) is 11.0. The van der Waals surface area contributed by atoms with Gasteiger partial charge in [0.15, 0.2) is 5.78 Å². The number of rotatable bonds is 0. The van der Waals surface area contributed by atoms with Crippen molar-refractivity contribution in [3.05, 3.63) is 23.3 Å². The van der Waals surface area contributed by atoms with E-state index in [-0.39, 0.29) is 11.2 Å². The SMILES string of the molecule is CC1=CC[C@H]2C(C)(C)C(=O)C(C#N)=C[C@]2(C)C1. The second-order valence-electron chi connectivity index (χ2n) is 6.24. The topological polar surface area (TPSA) is 40.9 Å². The molecule has 0 heterocycles. The smallest absolute Gasteiger partial charge is 0.178 e. The molecule has 0 aromatic heterocycles. The van der Waals surface area contributed by atoms with Crippen molar-refractivity contribution >= 4 is 5.78 Å². The molecule has 0 fully saturated rings. The van der Waals surface area contributed by atoms with E-state index in [1.807, 2.05) is 19.9 Å². The first-order chi connectivity index (χ1) is 7.81. The van der Waals surface area contributed by atoms with Gasteiger partial charge in [-0.25, -0.2) is 0 Å². The van der Waals surface area contributed by atoms with Crippen molar-refractivity contribution < 1.29 is 4.79 Å². The molecule has 17 heavy (non-hydrogen) atoms. The Morgan fingerprint density at radius 1 is 1.41 bits per heavy atom. The number of Topliss-reactive ketones (excluding diaryl/α,β-unsaturated/α-hetero) is 1. The van der Waals surface area contributed by atoms with Gasteiger partial charge in [0.05, 0.1) is 5.57 Å². The highest BCUT2D eigenvalue weighted by Crippen LogP contribution is 2.54. The van der Waals surface area contributed by atoms with Crippen molar-refractivity contribution in [3.63, 3.8) is 0 Å². The fraction of sp³-hybridized carbons (Fsp3) is 0.600. The molecule has 0 radical (unpaired) electrons. The third kappa shape index (κ3) is 1.65. The van der Waals surface area contributed by atoms with Crippen LogP contribution in [0.4, 0.5) is 0 Å². The Hall–Kier alpha value is -1.36. The Labute approximate surface area is 103 Å². The molecule has 0 aromatic rings. The minimum absolute atomic E-state index is 0.00966. The maximum Gasteiger partial charge on any atom is 0.178 e. The van der Waals surface area contributed by atoms with Crippen LogP contribution < -0.4 is 0 Å². The second kappa shape index (κ2) is 3.57. The molecule has 2 nitrogen and oxygen atoms in total. The van der Waals surface area contributed by atoms with Gasteiger partial charge in [0.2, 0.25) is 0 Å². The number of ketones is 1. The molecule has 2 atom stereocenters. The molecule has 0 saturated carbocycles. The third-order valence-corrected chi connectivity index (χ3v) is 4.45. The minimum Gasteiger partial charge on any atom is -0.293 e. The van der Waals surface area contributed by atoms with Gasteiger partial charge in [0.25, 0.3) is 0 Å². The summed E-state index contributed by atoms with van der Waals surface area (Å²) in [6.45, 7) is 8.28. The number of carbonyl (C=O) groups is 1. The second-order valence-corrected chi connectivity index (χ2v) is 6.24. The maximum absolute atomic E-state index is 12.2. The summed E-state index contributed by atoms with van der Waals surface area (Å²) in [7, 11) is 0. The molecule has 0 unspecified atom stereocenters.